The number of aromatic nitrogens is 3. The highest BCUT2D eigenvalue weighted by atomic mass is 19.4. The Balaban J connectivity index is 1.48. The van der Waals surface area contributed by atoms with Gasteiger partial charge < -0.3 is 10.2 Å². The molecule has 1 aliphatic heterocycles. The van der Waals surface area contributed by atoms with E-state index in [0.29, 0.717) is 12.0 Å². The van der Waals surface area contributed by atoms with Crippen molar-refractivity contribution < 1.29 is 13.2 Å². The number of anilines is 1. The Morgan fingerprint density at radius 2 is 1.52 bits per heavy atom. The fourth-order valence-corrected chi connectivity index (χ4v) is 6.76. The van der Waals surface area contributed by atoms with Gasteiger partial charge in [0, 0.05) is 61.1 Å². The van der Waals surface area contributed by atoms with Crippen LogP contribution in [0.4, 0.5) is 18.9 Å². The summed E-state index contributed by atoms with van der Waals surface area (Å²) < 4.78 is 46.4. The molecule has 3 aromatic carbocycles. The van der Waals surface area contributed by atoms with Crippen molar-refractivity contribution in [1.29, 1.82) is 0 Å². The van der Waals surface area contributed by atoms with Crippen LogP contribution in [0.15, 0.2) is 122 Å². The third kappa shape index (κ3) is 4.89. The van der Waals surface area contributed by atoms with Crippen LogP contribution >= 0.6 is 0 Å². The first-order valence-electron chi connectivity index (χ1n) is 14.9. The summed E-state index contributed by atoms with van der Waals surface area (Å²) in [6.45, 7) is 3.32. The summed E-state index contributed by atoms with van der Waals surface area (Å²) in [7, 11) is 0. The second-order valence-corrected chi connectivity index (χ2v) is 11.3. The summed E-state index contributed by atoms with van der Waals surface area (Å²) in [5, 5.41) is 8.64. The molecule has 44 heavy (non-hydrogen) atoms. The molecular weight excluding hydrogens is 559 g/mol. The van der Waals surface area contributed by atoms with E-state index in [2.05, 4.69) is 32.5 Å². The number of hydrogen-bond donors (Lipinski definition) is 1. The lowest BCUT2D eigenvalue weighted by atomic mass is 9.70. The Hall–Kier alpha value is -4.69. The SMILES string of the molecule is FC(F)(F)c1nn(C(c2ccccc2)(c2ccccc2)C2C=CC=CC2)cc1-c1ccc2nccc(N3CCNCC3)c2c1. The van der Waals surface area contributed by atoms with Gasteiger partial charge in [-0.1, -0.05) is 91.0 Å². The average molecular weight is 592 g/mol. The maximum Gasteiger partial charge on any atom is 0.435 e. The van der Waals surface area contributed by atoms with E-state index in [4.69, 9.17) is 0 Å². The molecule has 5 nitrogen and oxygen atoms in total. The lowest BCUT2D eigenvalue weighted by Crippen LogP contribution is -2.43. The number of rotatable bonds is 6. The minimum Gasteiger partial charge on any atom is -0.368 e. The van der Waals surface area contributed by atoms with E-state index >= 15 is 0 Å². The summed E-state index contributed by atoms with van der Waals surface area (Å²) in [5.41, 5.74) is 2.00. The summed E-state index contributed by atoms with van der Waals surface area (Å²) in [5.74, 6) is -0.189. The van der Waals surface area contributed by atoms with E-state index < -0.39 is 17.4 Å². The molecule has 1 aliphatic carbocycles. The number of hydrogen-bond acceptors (Lipinski definition) is 4. The number of benzene rings is 3. The molecule has 0 saturated carbocycles. The fourth-order valence-electron chi connectivity index (χ4n) is 6.76. The molecule has 5 aromatic rings. The highest BCUT2D eigenvalue weighted by Gasteiger charge is 2.46. The predicted molar refractivity (Wildman–Crippen MR) is 168 cm³/mol. The molecule has 7 rings (SSSR count). The van der Waals surface area contributed by atoms with E-state index in [0.717, 1.165) is 53.9 Å². The minimum atomic E-state index is -4.67. The van der Waals surface area contributed by atoms with Crippen LogP contribution in [-0.4, -0.2) is 40.9 Å². The number of nitrogens with zero attached hydrogens (tertiary/aromatic N) is 4. The first kappa shape index (κ1) is 28.1. The van der Waals surface area contributed by atoms with Gasteiger partial charge in [-0.3, -0.25) is 9.67 Å². The van der Waals surface area contributed by atoms with E-state index in [1.807, 2.05) is 91.0 Å². The molecule has 0 radical (unpaired) electrons. The number of alkyl halides is 3. The van der Waals surface area contributed by atoms with Crippen LogP contribution in [0.25, 0.3) is 22.0 Å². The molecule has 0 amide bonds. The fraction of sp³-hybridized carbons (Fsp3) is 0.222. The van der Waals surface area contributed by atoms with Gasteiger partial charge in [-0.2, -0.15) is 18.3 Å². The smallest absolute Gasteiger partial charge is 0.368 e. The largest absolute Gasteiger partial charge is 0.435 e. The van der Waals surface area contributed by atoms with Crippen LogP contribution in [0.5, 0.6) is 0 Å². The van der Waals surface area contributed by atoms with Crippen LogP contribution in [0.2, 0.25) is 0 Å². The van der Waals surface area contributed by atoms with Gasteiger partial charge in [-0.15, -0.1) is 0 Å². The molecule has 1 saturated heterocycles. The maximum absolute atomic E-state index is 14.9. The van der Waals surface area contributed by atoms with E-state index in [-0.39, 0.29) is 11.5 Å². The van der Waals surface area contributed by atoms with Gasteiger partial charge in [-0.05, 0) is 41.3 Å². The third-order valence-corrected chi connectivity index (χ3v) is 8.78. The van der Waals surface area contributed by atoms with Gasteiger partial charge in [0.25, 0.3) is 0 Å². The van der Waals surface area contributed by atoms with Crippen LogP contribution < -0.4 is 10.2 Å². The van der Waals surface area contributed by atoms with Crippen molar-refractivity contribution in [3.8, 4) is 11.1 Å². The first-order valence-corrected chi connectivity index (χ1v) is 14.9. The number of pyridine rings is 1. The van der Waals surface area contributed by atoms with E-state index in [9.17, 15) is 13.2 Å². The Bertz CT molecular complexity index is 1780. The zero-order valence-corrected chi connectivity index (χ0v) is 24.1. The molecular formula is C36H32F3N5. The number of nitrogens with one attached hydrogen (secondary N) is 1. The van der Waals surface area contributed by atoms with E-state index in [1.54, 1.807) is 23.1 Å². The average Bonchev–Trinajstić information content (AvgIpc) is 3.53. The molecule has 3 heterocycles. The molecule has 0 spiro atoms. The topological polar surface area (TPSA) is 46.0 Å². The quantitative estimate of drug-likeness (QED) is 0.223. The molecule has 0 bridgehead atoms. The molecule has 1 N–H and O–H groups in total. The second kappa shape index (κ2) is 11.4. The maximum atomic E-state index is 14.9. The molecule has 222 valence electrons. The van der Waals surface area contributed by atoms with Gasteiger partial charge >= 0.3 is 6.18 Å². The highest BCUT2D eigenvalue weighted by Crippen LogP contribution is 2.47. The van der Waals surface area contributed by atoms with Crippen molar-refractivity contribution >= 4 is 16.6 Å². The number of fused-ring (bicyclic) bond motifs is 1. The van der Waals surface area contributed by atoms with Crippen molar-refractivity contribution in [2.24, 2.45) is 5.92 Å². The van der Waals surface area contributed by atoms with Crippen molar-refractivity contribution in [2.75, 3.05) is 31.1 Å². The molecule has 1 atom stereocenters. The molecule has 8 heteroatoms. The Morgan fingerprint density at radius 3 is 2.16 bits per heavy atom. The highest BCUT2D eigenvalue weighted by molar-refractivity contribution is 5.95. The van der Waals surface area contributed by atoms with Crippen molar-refractivity contribution in [2.45, 2.75) is 18.1 Å². The zero-order chi connectivity index (χ0) is 30.1. The van der Waals surface area contributed by atoms with Crippen molar-refractivity contribution in [3.63, 3.8) is 0 Å². The minimum absolute atomic E-state index is 0.0427. The summed E-state index contributed by atoms with van der Waals surface area (Å²) in [6.07, 6.45) is 7.42. The van der Waals surface area contributed by atoms with Gasteiger partial charge in [-0.25, -0.2) is 0 Å². The Labute approximate surface area is 254 Å². The second-order valence-electron chi connectivity index (χ2n) is 11.3. The number of halogens is 3. The number of allylic oxidation sites excluding steroid dienone is 4. The Kier molecular flexibility index (Phi) is 7.30. The normalized spacial score (nSPS) is 17.3. The van der Waals surface area contributed by atoms with Crippen LogP contribution in [0, 0.1) is 5.92 Å². The Morgan fingerprint density at radius 1 is 0.818 bits per heavy atom. The summed E-state index contributed by atoms with van der Waals surface area (Å²) in [4.78, 5) is 6.79. The monoisotopic (exact) mass is 591 g/mol. The lowest BCUT2D eigenvalue weighted by Gasteiger charge is -2.41. The van der Waals surface area contributed by atoms with Crippen LogP contribution in [0.1, 0.15) is 23.2 Å². The van der Waals surface area contributed by atoms with Crippen LogP contribution in [0.3, 0.4) is 0 Å². The van der Waals surface area contributed by atoms with E-state index in [1.165, 1.54) is 0 Å². The van der Waals surface area contributed by atoms with Gasteiger partial charge in [0.2, 0.25) is 0 Å². The van der Waals surface area contributed by atoms with Crippen molar-refractivity contribution in [3.05, 3.63) is 138 Å². The molecule has 1 unspecified atom stereocenters. The summed E-state index contributed by atoms with van der Waals surface area (Å²) >= 11 is 0. The van der Waals surface area contributed by atoms with Gasteiger partial charge in [0.05, 0.1) is 5.52 Å². The summed E-state index contributed by atoms with van der Waals surface area (Å²) in [6, 6.07) is 26.8. The van der Waals surface area contributed by atoms with Crippen molar-refractivity contribution in [1.82, 2.24) is 20.1 Å². The van der Waals surface area contributed by atoms with Gasteiger partial charge in [0.1, 0.15) is 5.54 Å². The number of piperazine rings is 1. The standard InChI is InChI=1S/C36H32F3N5/c37-36(38,39)34-31(26-16-17-32-30(24-26)33(18-19-41-32)43-22-20-40-21-23-43)25-44(42-34)35(27-10-4-1-5-11-27,28-12-6-2-7-13-28)29-14-8-3-9-15-29/h1-14,16-19,24-25,29,40H,15,20-23H2. The zero-order valence-electron chi connectivity index (χ0n) is 24.1. The molecule has 2 aromatic heterocycles. The predicted octanol–water partition coefficient (Wildman–Crippen LogP) is 7.45. The van der Waals surface area contributed by atoms with Crippen LogP contribution in [-0.2, 0) is 11.7 Å². The van der Waals surface area contributed by atoms with Gasteiger partial charge in [0.15, 0.2) is 5.69 Å². The molecule has 1 fully saturated rings. The lowest BCUT2D eigenvalue weighted by molar-refractivity contribution is -0.141. The first-order chi connectivity index (χ1) is 21.5. The molecule has 2 aliphatic rings. The third-order valence-electron chi connectivity index (χ3n) is 8.78.